The summed E-state index contributed by atoms with van der Waals surface area (Å²) in [7, 11) is 0. The highest BCUT2D eigenvalue weighted by molar-refractivity contribution is 6.24. The van der Waals surface area contributed by atoms with Gasteiger partial charge < -0.3 is 4.42 Å². The number of pyridine rings is 1. The maximum atomic E-state index is 6.40. The third-order valence-electron chi connectivity index (χ3n) is 11.7. The smallest absolute Gasteiger partial charge is 0.160 e. The first-order chi connectivity index (χ1) is 29.2. The molecule has 3 heterocycles. The van der Waals surface area contributed by atoms with Crippen LogP contribution in [0.4, 0.5) is 0 Å². The van der Waals surface area contributed by atoms with Crippen LogP contribution < -0.4 is 0 Å². The van der Waals surface area contributed by atoms with Crippen molar-refractivity contribution in [3.63, 3.8) is 0 Å². The normalized spacial score (nSPS) is 11.7. The number of hydrogen-bond donors (Lipinski definition) is 0. The molecule has 274 valence electrons. The fourth-order valence-corrected chi connectivity index (χ4v) is 8.85. The van der Waals surface area contributed by atoms with E-state index in [0.717, 1.165) is 99.5 Å². The first-order valence-electron chi connectivity index (χ1n) is 19.9. The van der Waals surface area contributed by atoms with Gasteiger partial charge in [0.2, 0.25) is 0 Å². The molecule has 0 amide bonds. The molecule has 0 saturated heterocycles. The van der Waals surface area contributed by atoms with Crippen LogP contribution in [0.2, 0.25) is 0 Å². The lowest BCUT2D eigenvalue weighted by molar-refractivity contribution is 0.670. The molecule has 0 bridgehead atoms. The lowest BCUT2D eigenvalue weighted by atomic mass is 9.92. The van der Waals surface area contributed by atoms with Crippen LogP contribution in [0.3, 0.4) is 0 Å². The first kappa shape index (κ1) is 33.2. The Bertz CT molecular complexity index is 3590. The Morgan fingerprint density at radius 3 is 1.75 bits per heavy atom. The van der Waals surface area contributed by atoms with Crippen LogP contribution >= 0.6 is 0 Å². The van der Waals surface area contributed by atoms with Crippen LogP contribution in [0.5, 0.6) is 0 Å². The number of para-hydroxylation sites is 4. The molecule has 12 rings (SSSR count). The number of nitrogens with zero attached hydrogens (tertiary/aromatic N) is 3. The average Bonchev–Trinajstić information content (AvgIpc) is 3.70. The Morgan fingerprint density at radius 1 is 0.322 bits per heavy atom. The zero-order chi connectivity index (χ0) is 38.9. The van der Waals surface area contributed by atoms with Gasteiger partial charge in [-0.15, -0.1) is 0 Å². The summed E-state index contributed by atoms with van der Waals surface area (Å²) in [6, 6.07) is 70.2. The Labute approximate surface area is 339 Å². The quantitative estimate of drug-likeness (QED) is 0.164. The van der Waals surface area contributed by atoms with E-state index in [1.165, 1.54) is 16.2 Å². The van der Waals surface area contributed by atoms with E-state index < -0.39 is 0 Å². The van der Waals surface area contributed by atoms with E-state index in [-0.39, 0.29) is 0 Å². The van der Waals surface area contributed by atoms with Crippen molar-refractivity contribution in [3.8, 4) is 56.2 Å². The molecule has 0 aliphatic heterocycles. The lowest BCUT2D eigenvalue weighted by Crippen LogP contribution is -1.96. The van der Waals surface area contributed by atoms with Crippen molar-refractivity contribution in [2.24, 2.45) is 0 Å². The van der Waals surface area contributed by atoms with Gasteiger partial charge in [-0.1, -0.05) is 188 Å². The summed E-state index contributed by atoms with van der Waals surface area (Å²) < 4.78 is 6.40. The highest BCUT2D eigenvalue weighted by Gasteiger charge is 2.18. The van der Waals surface area contributed by atoms with Crippen molar-refractivity contribution in [1.82, 2.24) is 15.0 Å². The molecule has 4 heteroatoms. The zero-order valence-corrected chi connectivity index (χ0v) is 31.8. The molecule has 0 radical (unpaired) electrons. The van der Waals surface area contributed by atoms with Crippen molar-refractivity contribution in [2.45, 2.75) is 0 Å². The summed E-state index contributed by atoms with van der Waals surface area (Å²) in [6.45, 7) is 0. The predicted octanol–water partition coefficient (Wildman–Crippen LogP) is 14.7. The molecular weight excluding hydrogens is 719 g/mol. The Morgan fingerprint density at radius 2 is 0.915 bits per heavy atom. The van der Waals surface area contributed by atoms with Gasteiger partial charge in [-0.2, -0.15) is 0 Å². The number of aromatic nitrogens is 3. The Hall–Kier alpha value is -7.95. The zero-order valence-electron chi connectivity index (χ0n) is 31.8. The third-order valence-corrected chi connectivity index (χ3v) is 11.7. The number of rotatable bonds is 5. The second-order valence-electron chi connectivity index (χ2n) is 15.1. The molecule has 9 aromatic carbocycles. The molecule has 0 aliphatic carbocycles. The summed E-state index contributed by atoms with van der Waals surface area (Å²) >= 11 is 0. The van der Waals surface area contributed by atoms with Crippen LogP contribution in [-0.4, -0.2) is 15.0 Å². The Balaban J connectivity index is 1.00. The minimum absolute atomic E-state index is 0.693. The van der Waals surface area contributed by atoms with Gasteiger partial charge in [-0.25, -0.2) is 15.0 Å². The van der Waals surface area contributed by atoms with Crippen molar-refractivity contribution < 1.29 is 4.42 Å². The standard InChI is InChI=1S/C55H33N3O/c1-2-13-37(14-3-1)51-45-17-6-8-22-48(45)56-55(58-51)39-30-28-38(29-31-39)52-47-33-32-34-12-4-5-15-40(34)50(47)46-21-10-18-41(53(46)57-52)35-24-26-36(27-25-35)42-19-11-20-44-43-16-7-9-23-49(43)59-54(42)44/h1-33H. The number of furan rings is 1. The average molecular weight is 752 g/mol. The van der Waals surface area contributed by atoms with E-state index in [2.05, 4.69) is 170 Å². The second-order valence-corrected chi connectivity index (χ2v) is 15.1. The van der Waals surface area contributed by atoms with Crippen molar-refractivity contribution in [3.05, 3.63) is 200 Å². The van der Waals surface area contributed by atoms with Crippen molar-refractivity contribution in [1.29, 1.82) is 0 Å². The van der Waals surface area contributed by atoms with E-state index in [0.29, 0.717) is 5.82 Å². The lowest BCUT2D eigenvalue weighted by Gasteiger charge is -2.16. The largest absolute Gasteiger partial charge is 0.455 e. The monoisotopic (exact) mass is 751 g/mol. The van der Waals surface area contributed by atoms with E-state index >= 15 is 0 Å². The highest BCUT2D eigenvalue weighted by Crippen LogP contribution is 2.42. The summed E-state index contributed by atoms with van der Waals surface area (Å²) in [4.78, 5) is 15.7. The molecule has 0 saturated carbocycles. The summed E-state index contributed by atoms with van der Waals surface area (Å²) in [6.07, 6.45) is 0. The maximum Gasteiger partial charge on any atom is 0.160 e. The SMILES string of the molecule is c1ccc(-c2nc(-c3ccc(-c4nc5c(-c6ccc(-c7cccc8c7oc7ccccc78)cc6)cccc5c5c4ccc4ccccc45)cc3)nc3ccccc23)cc1. The molecule has 4 nitrogen and oxygen atoms in total. The molecule has 0 fully saturated rings. The summed E-state index contributed by atoms with van der Waals surface area (Å²) in [5, 5.41) is 9.15. The fraction of sp³-hybridized carbons (Fsp3) is 0. The highest BCUT2D eigenvalue weighted by atomic mass is 16.3. The van der Waals surface area contributed by atoms with E-state index in [9.17, 15) is 0 Å². The summed E-state index contributed by atoms with van der Waals surface area (Å²) in [5.41, 5.74) is 13.0. The van der Waals surface area contributed by atoms with E-state index in [1.54, 1.807) is 0 Å². The molecule has 59 heavy (non-hydrogen) atoms. The first-order valence-corrected chi connectivity index (χ1v) is 19.9. The van der Waals surface area contributed by atoms with E-state index in [4.69, 9.17) is 19.4 Å². The van der Waals surface area contributed by atoms with Crippen LogP contribution in [0, 0.1) is 0 Å². The van der Waals surface area contributed by atoms with E-state index in [1.807, 2.05) is 30.3 Å². The molecular formula is C55H33N3O. The molecule has 0 unspecified atom stereocenters. The van der Waals surface area contributed by atoms with Crippen molar-refractivity contribution >= 4 is 65.3 Å². The number of fused-ring (bicyclic) bond motifs is 9. The van der Waals surface area contributed by atoms with Gasteiger partial charge in [0.25, 0.3) is 0 Å². The van der Waals surface area contributed by atoms with Crippen molar-refractivity contribution in [2.75, 3.05) is 0 Å². The van der Waals surface area contributed by atoms with Crippen LogP contribution in [0.25, 0.3) is 121 Å². The third kappa shape index (κ3) is 5.42. The van der Waals surface area contributed by atoms with Gasteiger partial charge in [-0.05, 0) is 34.0 Å². The minimum atomic E-state index is 0.693. The molecule has 3 aromatic heterocycles. The van der Waals surface area contributed by atoms with Gasteiger partial charge in [0.15, 0.2) is 5.82 Å². The minimum Gasteiger partial charge on any atom is -0.455 e. The molecule has 0 spiro atoms. The van der Waals surface area contributed by atoms with Crippen LogP contribution in [0.15, 0.2) is 205 Å². The predicted molar refractivity (Wildman–Crippen MR) is 244 cm³/mol. The van der Waals surface area contributed by atoms with Gasteiger partial charge in [0, 0.05) is 60.1 Å². The summed E-state index contributed by atoms with van der Waals surface area (Å²) in [5.74, 6) is 0.693. The van der Waals surface area contributed by atoms with Gasteiger partial charge in [0.05, 0.1) is 22.4 Å². The molecule has 0 atom stereocenters. The van der Waals surface area contributed by atoms with Gasteiger partial charge in [0.1, 0.15) is 11.2 Å². The number of hydrogen-bond acceptors (Lipinski definition) is 4. The molecule has 0 aliphatic rings. The Kier molecular flexibility index (Phi) is 7.50. The van der Waals surface area contributed by atoms with Gasteiger partial charge in [-0.3, -0.25) is 0 Å². The topological polar surface area (TPSA) is 51.8 Å². The van der Waals surface area contributed by atoms with Crippen LogP contribution in [-0.2, 0) is 0 Å². The molecule has 12 aromatic rings. The molecule has 0 N–H and O–H groups in total. The maximum absolute atomic E-state index is 6.40. The fourth-order valence-electron chi connectivity index (χ4n) is 8.85. The van der Waals surface area contributed by atoms with Gasteiger partial charge >= 0.3 is 0 Å². The van der Waals surface area contributed by atoms with Crippen LogP contribution in [0.1, 0.15) is 0 Å². The second kappa shape index (κ2) is 13.3. The number of benzene rings is 9.